The van der Waals surface area contributed by atoms with E-state index in [1.807, 2.05) is 18.9 Å². The molecule has 0 bridgehead atoms. The molecule has 1 N–H and O–H groups in total. The van der Waals surface area contributed by atoms with Gasteiger partial charge in [-0.3, -0.25) is 0 Å². The largest absolute Gasteiger partial charge is 0.416 e. The Morgan fingerprint density at radius 2 is 2.14 bits per heavy atom. The highest BCUT2D eigenvalue weighted by atomic mass is 19.4. The zero-order valence-corrected chi connectivity index (χ0v) is 12.3. The molecule has 0 aromatic heterocycles. The van der Waals surface area contributed by atoms with Crippen LogP contribution in [-0.4, -0.2) is 32.8 Å². The summed E-state index contributed by atoms with van der Waals surface area (Å²) in [6.07, 6.45) is -3.50. The number of anilines is 1. The van der Waals surface area contributed by atoms with Gasteiger partial charge in [-0.15, -0.1) is 0 Å². The first kappa shape index (κ1) is 16.1. The molecule has 0 spiro atoms. The first-order chi connectivity index (χ1) is 9.93. The first-order valence-electron chi connectivity index (χ1n) is 7.15. The van der Waals surface area contributed by atoms with Gasteiger partial charge in [-0.25, -0.2) is 0 Å². The highest BCUT2D eigenvalue weighted by molar-refractivity contribution is 5.52. The lowest BCUT2D eigenvalue weighted by molar-refractivity contribution is -0.138. The van der Waals surface area contributed by atoms with Crippen molar-refractivity contribution in [2.45, 2.75) is 32.1 Å². The van der Waals surface area contributed by atoms with E-state index in [0.717, 1.165) is 6.42 Å². The first-order valence-corrected chi connectivity index (χ1v) is 7.15. The third-order valence-electron chi connectivity index (χ3n) is 3.82. The van der Waals surface area contributed by atoms with E-state index in [1.54, 1.807) is 12.1 Å². The Morgan fingerprint density at radius 3 is 2.71 bits per heavy atom. The molecule has 1 saturated heterocycles. The third-order valence-corrected chi connectivity index (χ3v) is 3.82. The molecule has 3 nitrogen and oxygen atoms in total. The number of alkyl halides is 3. The fourth-order valence-electron chi connectivity index (χ4n) is 2.50. The van der Waals surface area contributed by atoms with E-state index in [9.17, 15) is 13.2 Å². The molecule has 1 aromatic rings. The van der Waals surface area contributed by atoms with Gasteiger partial charge in [0.05, 0.1) is 18.2 Å². The lowest BCUT2D eigenvalue weighted by Gasteiger charge is -2.27. The normalized spacial score (nSPS) is 19.0. The second-order valence-corrected chi connectivity index (χ2v) is 5.25. The third kappa shape index (κ3) is 3.89. The van der Waals surface area contributed by atoms with Gasteiger partial charge >= 0.3 is 6.18 Å². The summed E-state index contributed by atoms with van der Waals surface area (Å²) >= 11 is 0. The summed E-state index contributed by atoms with van der Waals surface area (Å²) in [5.74, 6) is 0. The van der Waals surface area contributed by atoms with E-state index in [2.05, 4.69) is 5.32 Å². The van der Waals surface area contributed by atoms with Crippen LogP contribution in [0.5, 0.6) is 0 Å². The second kappa shape index (κ2) is 6.66. The molecule has 0 amide bonds. The average Bonchev–Trinajstić information content (AvgIpc) is 2.97. The molecule has 0 saturated carbocycles. The van der Waals surface area contributed by atoms with Gasteiger partial charge in [0.25, 0.3) is 0 Å². The second-order valence-electron chi connectivity index (χ2n) is 5.25. The molecule has 1 unspecified atom stereocenters. The number of nitrogens with zero attached hydrogens (tertiary/aromatic N) is 1. The van der Waals surface area contributed by atoms with Gasteiger partial charge in [-0.2, -0.15) is 13.2 Å². The molecule has 1 aliphatic heterocycles. The van der Waals surface area contributed by atoms with Crippen molar-refractivity contribution in [3.05, 3.63) is 29.3 Å². The van der Waals surface area contributed by atoms with Gasteiger partial charge in [0, 0.05) is 25.9 Å². The highest BCUT2D eigenvalue weighted by Gasteiger charge is 2.34. The average molecular weight is 302 g/mol. The smallest absolute Gasteiger partial charge is 0.379 e. The lowest BCUT2D eigenvalue weighted by atomic mass is 10.0. The Labute approximate surface area is 123 Å². The van der Waals surface area contributed by atoms with Crippen LogP contribution in [0.3, 0.4) is 0 Å². The minimum absolute atomic E-state index is 0.144. The van der Waals surface area contributed by atoms with Crippen LogP contribution in [0.25, 0.3) is 0 Å². The number of ether oxygens (including phenoxy) is 1. The predicted molar refractivity (Wildman–Crippen MR) is 76.5 cm³/mol. The summed E-state index contributed by atoms with van der Waals surface area (Å²) in [5.41, 5.74) is 0.300. The molecule has 2 rings (SSSR count). The number of rotatable bonds is 5. The molecule has 1 heterocycles. The zero-order valence-electron chi connectivity index (χ0n) is 12.3. The quantitative estimate of drug-likeness (QED) is 0.905. The molecule has 21 heavy (non-hydrogen) atoms. The highest BCUT2D eigenvalue weighted by Crippen LogP contribution is 2.35. The van der Waals surface area contributed by atoms with Crippen LogP contribution in [0, 0.1) is 0 Å². The number of hydrogen-bond donors (Lipinski definition) is 1. The fraction of sp³-hybridized carbons (Fsp3) is 0.600. The van der Waals surface area contributed by atoms with E-state index in [4.69, 9.17) is 4.74 Å². The van der Waals surface area contributed by atoms with E-state index >= 15 is 0 Å². The van der Waals surface area contributed by atoms with Crippen LogP contribution in [-0.2, 0) is 17.5 Å². The molecule has 0 aliphatic carbocycles. The lowest BCUT2D eigenvalue weighted by Crippen LogP contribution is -2.32. The molecule has 6 heteroatoms. The Hall–Kier alpha value is -1.27. The van der Waals surface area contributed by atoms with Gasteiger partial charge < -0.3 is 15.0 Å². The maximum Gasteiger partial charge on any atom is 0.416 e. The molecule has 1 aromatic carbocycles. The number of halogens is 3. The maximum absolute atomic E-state index is 13.2. The van der Waals surface area contributed by atoms with Crippen molar-refractivity contribution >= 4 is 5.69 Å². The monoisotopic (exact) mass is 302 g/mol. The van der Waals surface area contributed by atoms with Gasteiger partial charge in [0.1, 0.15) is 0 Å². The number of nitrogens with one attached hydrogen (secondary N) is 1. The fourth-order valence-corrected chi connectivity index (χ4v) is 2.50. The Balaban J connectivity index is 2.27. The van der Waals surface area contributed by atoms with Crippen molar-refractivity contribution in [1.29, 1.82) is 0 Å². The molecular weight excluding hydrogens is 281 g/mol. The van der Waals surface area contributed by atoms with Crippen molar-refractivity contribution < 1.29 is 17.9 Å². The standard InChI is InChI=1S/C15H21F3N2O/c1-3-19-9-11-4-5-12(8-14(11)15(16,17)18)20(2)13-6-7-21-10-13/h4-5,8,13,19H,3,6-7,9-10H2,1-2H3. The van der Waals surface area contributed by atoms with Crippen molar-refractivity contribution in [2.75, 3.05) is 31.7 Å². The van der Waals surface area contributed by atoms with E-state index < -0.39 is 11.7 Å². The number of benzene rings is 1. The number of likely N-dealkylation sites (N-methyl/N-ethyl adjacent to an activating group) is 1. The summed E-state index contributed by atoms with van der Waals surface area (Å²) in [6.45, 7) is 3.96. The predicted octanol–water partition coefficient (Wildman–Crippen LogP) is 3.04. The minimum atomic E-state index is -4.34. The molecular formula is C15H21F3N2O. The van der Waals surface area contributed by atoms with Crippen molar-refractivity contribution in [3.8, 4) is 0 Å². The zero-order chi connectivity index (χ0) is 15.5. The van der Waals surface area contributed by atoms with Gasteiger partial charge in [-0.1, -0.05) is 13.0 Å². The summed E-state index contributed by atoms with van der Waals surface area (Å²) in [7, 11) is 1.82. The number of hydrogen-bond acceptors (Lipinski definition) is 3. The SMILES string of the molecule is CCNCc1ccc(N(C)C2CCOC2)cc1C(F)(F)F. The van der Waals surface area contributed by atoms with Crippen LogP contribution < -0.4 is 10.2 Å². The van der Waals surface area contributed by atoms with Crippen molar-refractivity contribution in [2.24, 2.45) is 0 Å². The maximum atomic E-state index is 13.2. The van der Waals surface area contributed by atoms with Crippen LogP contribution in [0.1, 0.15) is 24.5 Å². The Kier molecular flexibility index (Phi) is 5.11. The molecule has 1 fully saturated rings. The Bertz CT molecular complexity index is 470. The van der Waals surface area contributed by atoms with Gasteiger partial charge in [-0.05, 0) is 30.7 Å². The van der Waals surface area contributed by atoms with Gasteiger partial charge in [0.2, 0.25) is 0 Å². The van der Waals surface area contributed by atoms with E-state index in [-0.39, 0.29) is 18.2 Å². The summed E-state index contributed by atoms with van der Waals surface area (Å²) in [5, 5.41) is 2.95. The van der Waals surface area contributed by atoms with Crippen LogP contribution in [0.4, 0.5) is 18.9 Å². The summed E-state index contributed by atoms with van der Waals surface area (Å²) < 4.78 is 45.0. The summed E-state index contributed by atoms with van der Waals surface area (Å²) in [6, 6.07) is 4.70. The molecule has 0 radical (unpaired) electrons. The minimum Gasteiger partial charge on any atom is -0.379 e. The Morgan fingerprint density at radius 1 is 1.38 bits per heavy atom. The van der Waals surface area contributed by atoms with Crippen LogP contribution >= 0.6 is 0 Å². The van der Waals surface area contributed by atoms with Crippen LogP contribution in [0.15, 0.2) is 18.2 Å². The van der Waals surface area contributed by atoms with Crippen molar-refractivity contribution in [1.82, 2.24) is 5.32 Å². The van der Waals surface area contributed by atoms with Crippen molar-refractivity contribution in [3.63, 3.8) is 0 Å². The topological polar surface area (TPSA) is 24.5 Å². The van der Waals surface area contributed by atoms with E-state index in [0.29, 0.717) is 25.4 Å². The molecule has 1 atom stereocenters. The van der Waals surface area contributed by atoms with Crippen LogP contribution in [0.2, 0.25) is 0 Å². The van der Waals surface area contributed by atoms with Gasteiger partial charge in [0.15, 0.2) is 0 Å². The summed E-state index contributed by atoms with van der Waals surface area (Å²) in [4.78, 5) is 1.87. The molecule has 118 valence electrons. The molecule has 1 aliphatic rings. The van der Waals surface area contributed by atoms with E-state index in [1.165, 1.54) is 6.07 Å².